The van der Waals surface area contributed by atoms with Crippen LogP contribution in [0.3, 0.4) is 0 Å². The largest absolute Gasteiger partial charge is 0.0610 e. The SMILES string of the molecule is c1cc2cccc3c4cc(-c5cc6cccc7c8cccc9cccc(c(c5)c67)c98)cc5cccc(c(c1)c23)c54. The lowest BCUT2D eigenvalue weighted by Gasteiger charge is -2.17. The van der Waals surface area contributed by atoms with Gasteiger partial charge in [-0.1, -0.05) is 109 Å². The van der Waals surface area contributed by atoms with E-state index in [1.807, 2.05) is 0 Å². The van der Waals surface area contributed by atoms with E-state index in [4.69, 9.17) is 0 Å². The van der Waals surface area contributed by atoms with Crippen LogP contribution in [0.15, 0.2) is 133 Å². The van der Waals surface area contributed by atoms with Crippen molar-refractivity contribution in [1.82, 2.24) is 0 Å². The lowest BCUT2D eigenvalue weighted by atomic mass is 9.86. The van der Waals surface area contributed by atoms with E-state index in [0.29, 0.717) is 0 Å². The van der Waals surface area contributed by atoms with Gasteiger partial charge in [-0.3, -0.25) is 0 Å². The molecule has 0 aliphatic heterocycles. The molecule has 182 valence electrons. The minimum atomic E-state index is 1.27. The summed E-state index contributed by atoms with van der Waals surface area (Å²) in [7, 11) is 0. The van der Waals surface area contributed by atoms with Gasteiger partial charge < -0.3 is 0 Å². The summed E-state index contributed by atoms with van der Waals surface area (Å²) in [5.74, 6) is 0. The molecule has 0 aromatic heterocycles. The Morgan fingerprint density at radius 1 is 0.225 bits per heavy atom. The van der Waals surface area contributed by atoms with E-state index in [0.717, 1.165) is 0 Å². The van der Waals surface area contributed by atoms with E-state index in [-0.39, 0.29) is 0 Å². The third kappa shape index (κ3) is 2.52. The van der Waals surface area contributed by atoms with E-state index in [1.54, 1.807) is 0 Å². The van der Waals surface area contributed by atoms with Gasteiger partial charge >= 0.3 is 0 Å². The highest BCUT2D eigenvalue weighted by Gasteiger charge is 2.17. The summed E-state index contributed by atoms with van der Waals surface area (Å²) in [5, 5.41) is 21.4. The fraction of sp³-hybridized carbons (Fsp3) is 0. The first-order valence-corrected chi connectivity index (χ1v) is 14.0. The Balaban J connectivity index is 1.38. The molecule has 10 aromatic carbocycles. The summed E-state index contributed by atoms with van der Waals surface area (Å²) in [6.07, 6.45) is 0. The average molecular weight is 503 g/mol. The Kier molecular flexibility index (Phi) is 3.76. The third-order valence-electron chi connectivity index (χ3n) is 9.26. The first kappa shape index (κ1) is 20.7. The molecular formula is C40H22. The van der Waals surface area contributed by atoms with E-state index in [9.17, 15) is 0 Å². The maximum Gasteiger partial charge on any atom is -0.00259 e. The lowest BCUT2D eigenvalue weighted by Crippen LogP contribution is -1.90. The molecule has 0 heteroatoms. The van der Waals surface area contributed by atoms with Crippen molar-refractivity contribution < 1.29 is 0 Å². The molecule has 0 atom stereocenters. The molecule has 0 radical (unpaired) electrons. The van der Waals surface area contributed by atoms with Gasteiger partial charge in [0.1, 0.15) is 0 Å². The van der Waals surface area contributed by atoms with Crippen molar-refractivity contribution in [2.45, 2.75) is 0 Å². The van der Waals surface area contributed by atoms with Gasteiger partial charge in [-0.15, -0.1) is 0 Å². The van der Waals surface area contributed by atoms with Crippen LogP contribution in [0, 0.1) is 0 Å². The first-order valence-electron chi connectivity index (χ1n) is 14.0. The Hall–Kier alpha value is -5.20. The number of hydrogen-bond donors (Lipinski definition) is 0. The zero-order valence-corrected chi connectivity index (χ0v) is 21.7. The fourth-order valence-electron chi connectivity index (χ4n) is 7.64. The van der Waals surface area contributed by atoms with Crippen LogP contribution >= 0.6 is 0 Å². The third-order valence-corrected chi connectivity index (χ3v) is 9.26. The molecule has 0 fully saturated rings. The second-order valence-corrected chi connectivity index (χ2v) is 11.3. The van der Waals surface area contributed by atoms with Gasteiger partial charge in [-0.05, 0) is 122 Å². The smallest absolute Gasteiger partial charge is 0.00259 e. The molecule has 0 nitrogen and oxygen atoms in total. The summed E-state index contributed by atoms with van der Waals surface area (Å²) in [4.78, 5) is 0. The van der Waals surface area contributed by atoms with Crippen molar-refractivity contribution in [3.05, 3.63) is 133 Å². The molecule has 0 aliphatic carbocycles. The van der Waals surface area contributed by atoms with Crippen LogP contribution in [0.25, 0.3) is 97.3 Å². The average Bonchev–Trinajstić information content (AvgIpc) is 3.01. The molecular weight excluding hydrogens is 480 g/mol. The molecule has 0 spiro atoms. The van der Waals surface area contributed by atoms with Crippen molar-refractivity contribution >= 4 is 86.2 Å². The molecule has 0 aliphatic rings. The van der Waals surface area contributed by atoms with E-state index < -0.39 is 0 Å². The molecule has 10 aromatic rings. The van der Waals surface area contributed by atoms with Crippen LogP contribution < -0.4 is 0 Å². The number of fused-ring (bicyclic) bond motifs is 4. The normalized spacial score (nSPS) is 12.5. The minimum Gasteiger partial charge on any atom is -0.0610 e. The van der Waals surface area contributed by atoms with Crippen molar-refractivity contribution in [1.29, 1.82) is 0 Å². The van der Waals surface area contributed by atoms with Gasteiger partial charge in [0.2, 0.25) is 0 Å². The molecule has 0 unspecified atom stereocenters. The van der Waals surface area contributed by atoms with Crippen LogP contribution in [0.2, 0.25) is 0 Å². The zero-order valence-electron chi connectivity index (χ0n) is 21.7. The van der Waals surface area contributed by atoms with Crippen molar-refractivity contribution in [2.75, 3.05) is 0 Å². The predicted molar refractivity (Wildman–Crippen MR) is 174 cm³/mol. The zero-order chi connectivity index (χ0) is 25.9. The topological polar surface area (TPSA) is 0 Å². The van der Waals surface area contributed by atoms with Gasteiger partial charge in [0.05, 0.1) is 0 Å². The van der Waals surface area contributed by atoms with Gasteiger partial charge in [-0.2, -0.15) is 0 Å². The lowest BCUT2D eigenvalue weighted by molar-refractivity contribution is 1.72. The van der Waals surface area contributed by atoms with Gasteiger partial charge in [0, 0.05) is 0 Å². The standard InChI is InChI=1S/C40H22/c1-7-23-9-3-17-33-35-21-27(19-25-11-5-15-31(39(25)35)29(13-1)37(23)33)28-20-26-12-6-16-32-30-14-2-8-24-10-4-18-34(38(24)30)36(22-28)40(26)32/h1-22H. The Labute approximate surface area is 230 Å². The van der Waals surface area contributed by atoms with Crippen molar-refractivity contribution in [3.8, 4) is 11.1 Å². The second kappa shape index (κ2) is 7.25. The Morgan fingerprint density at radius 2 is 0.500 bits per heavy atom. The Bertz CT molecular complexity index is 2440. The summed E-state index contributed by atoms with van der Waals surface area (Å²) >= 11 is 0. The highest BCUT2D eigenvalue weighted by Crippen LogP contribution is 2.45. The number of rotatable bonds is 1. The van der Waals surface area contributed by atoms with Crippen LogP contribution in [-0.4, -0.2) is 0 Å². The van der Waals surface area contributed by atoms with Crippen LogP contribution in [-0.2, 0) is 0 Å². The molecule has 40 heavy (non-hydrogen) atoms. The predicted octanol–water partition coefficient (Wildman–Crippen LogP) is 11.5. The van der Waals surface area contributed by atoms with Crippen molar-refractivity contribution in [3.63, 3.8) is 0 Å². The molecule has 0 bridgehead atoms. The second-order valence-electron chi connectivity index (χ2n) is 11.3. The fourth-order valence-corrected chi connectivity index (χ4v) is 7.64. The van der Waals surface area contributed by atoms with Crippen LogP contribution in [0.5, 0.6) is 0 Å². The highest BCUT2D eigenvalue weighted by atomic mass is 14.2. The van der Waals surface area contributed by atoms with Crippen LogP contribution in [0.1, 0.15) is 0 Å². The number of hydrogen-bond acceptors (Lipinski definition) is 0. The molecule has 0 heterocycles. The first-order chi connectivity index (χ1) is 19.8. The Morgan fingerprint density at radius 3 is 0.850 bits per heavy atom. The monoisotopic (exact) mass is 502 g/mol. The summed E-state index contributed by atoms with van der Waals surface area (Å²) in [5.41, 5.74) is 2.54. The summed E-state index contributed by atoms with van der Waals surface area (Å²) in [6, 6.07) is 50.1. The van der Waals surface area contributed by atoms with Gasteiger partial charge in [0.15, 0.2) is 0 Å². The summed E-state index contributed by atoms with van der Waals surface area (Å²) in [6.45, 7) is 0. The van der Waals surface area contributed by atoms with E-state index in [1.165, 1.54) is 97.3 Å². The maximum atomic E-state index is 2.44. The van der Waals surface area contributed by atoms with Gasteiger partial charge in [-0.25, -0.2) is 0 Å². The molecule has 0 saturated carbocycles. The highest BCUT2D eigenvalue weighted by molar-refractivity contribution is 6.35. The number of benzene rings is 10. The molecule has 0 amide bonds. The van der Waals surface area contributed by atoms with Crippen molar-refractivity contribution in [2.24, 2.45) is 0 Å². The molecule has 0 saturated heterocycles. The summed E-state index contributed by atoms with van der Waals surface area (Å²) < 4.78 is 0. The van der Waals surface area contributed by atoms with Gasteiger partial charge in [0.25, 0.3) is 0 Å². The minimum absolute atomic E-state index is 1.27. The van der Waals surface area contributed by atoms with E-state index in [2.05, 4.69) is 133 Å². The molecule has 10 rings (SSSR count). The van der Waals surface area contributed by atoms with E-state index >= 15 is 0 Å². The quantitative estimate of drug-likeness (QED) is 0.155. The van der Waals surface area contributed by atoms with Crippen LogP contribution in [0.4, 0.5) is 0 Å². The molecule has 0 N–H and O–H groups in total. The maximum absolute atomic E-state index is 2.44.